The molecule has 0 aliphatic carbocycles. The molecule has 0 spiro atoms. The van der Waals surface area contributed by atoms with Gasteiger partial charge < -0.3 is 9.84 Å². The zero-order chi connectivity index (χ0) is 14.5. The van der Waals surface area contributed by atoms with Crippen molar-refractivity contribution < 1.29 is 4.52 Å². The molecule has 21 heavy (non-hydrogen) atoms. The fourth-order valence-corrected chi connectivity index (χ4v) is 3.36. The second-order valence-corrected chi connectivity index (χ2v) is 6.47. The summed E-state index contributed by atoms with van der Waals surface area (Å²) in [7, 11) is 0. The van der Waals surface area contributed by atoms with Gasteiger partial charge in [0.1, 0.15) is 0 Å². The summed E-state index contributed by atoms with van der Waals surface area (Å²) in [4.78, 5) is 7.96. The number of hydrogen-bond acceptors (Lipinski definition) is 6. The Morgan fingerprint density at radius 3 is 3.00 bits per heavy atom. The highest BCUT2D eigenvalue weighted by molar-refractivity contribution is 7.13. The van der Waals surface area contributed by atoms with E-state index in [-0.39, 0.29) is 0 Å². The van der Waals surface area contributed by atoms with Gasteiger partial charge in [-0.2, -0.15) is 4.98 Å². The van der Waals surface area contributed by atoms with Gasteiger partial charge in [-0.1, -0.05) is 18.1 Å². The van der Waals surface area contributed by atoms with Crippen LogP contribution in [0.5, 0.6) is 0 Å². The van der Waals surface area contributed by atoms with E-state index < -0.39 is 0 Å². The first-order chi connectivity index (χ1) is 10.3. The first kappa shape index (κ1) is 14.7. The van der Waals surface area contributed by atoms with Crippen molar-refractivity contribution in [2.75, 3.05) is 26.2 Å². The van der Waals surface area contributed by atoms with E-state index in [0.717, 1.165) is 49.3 Å². The average Bonchev–Trinajstić information content (AvgIpc) is 3.17. The number of rotatable bonds is 6. The third kappa shape index (κ3) is 3.90. The van der Waals surface area contributed by atoms with E-state index in [4.69, 9.17) is 4.52 Å². The Kier molecular flexibility index (Phi) is 5.00. The molecule has 1 aliphatic rings. The predicted octanol–water partition coefficient (Wildman–Crippen LogP) is 2.62. The Morgan fingerprint density at radius 2 is 2.29 bits per heavy atom. The molecule has 114 valence electrons. The van der Waals surface area contributed by atoms with E-state index in [0.29, 0.717) is 5.89 Å². The molecular weight excluding hydrogens is 284 g/mol. The molecule has 0 unspecified atom stereocenters. The van der Waals surface area contributed by atoms with E-state index in [2.05, 4.69) is 27.3 Å². The van der Waals surface area contributed by atoms with Gasteiger partial charge in [0.25, 0.3) is 5.89 Å². The van der Waals surface area contributed by atoms with Gasteiger partial charge in [0, 0.05) is 0 Å². The number of thiophene rings is 1. The van der Waals surface area contributed by atoms with Gasteiger partial charge in [-0.25, -0.2) is 0 Å². The lowest BCUT2D eigenvalue weighted by Gasteiger charge is -2.31. The van der Waals surface area contributed by atoms with Gasteiger partial charge >= 0.3 is 0 Å². The molecule has 1 fully saturated rings. The molecule has 1 saturated heterocycles. The molecule has 0 radical (unpaired) electrons. The highest BCUT2D eigenvalue weighted by Crippen LogP contribution is 2.23. The molecule has 3 rings (SSSR count). The van der Waals surface area contributed by atoms with Crippen molar-refractivity contribution in [3.8, 4) is 10.8 Å². The molecule has 3 heterocycles. The maximum atomic E-state index is 5.34. The number of nitrogens with zero attached hydrogens (tertiary/aromatic N) is 3. The van der Waals surface area contributed by atoms with E-state index >= 15 is 0 Å². The van der Waals surface area contributed by atoms with Crippen LogP contribution in [0.15, 0.2) is 22.0 Å². The van der Waals surface area contributed by atoms with Crippen LogP contribution in [-0.4, -0.2) is 41.2 Å². The highest BCUT2D eigenvalue weighted by Gasteiger charge is 2.20. The zero-order valence-corrected chi connectivity index (χ0v) is 13.2. The van der Waals surface area contributed by atoms with E-state index in [1.807, 2.05) is 17.5 Å². The van der Waals surface area contributed by atoms with Crippen LogP contribution in [0.3, 0.4) is 0 Å². The van der Waals surface area contributed by atoms with Gasteiger partial charge in [-0.3, -0.25) is 4.90 Å². The van der Waals surface area contributed by atoms with Crippen LogP contribution in [0.4, 0.5) is 0 Å². The summed E-state index contributed by atoms with van der Waals surface area (Å²) in [6.07, 6.45) is 2.51. The zero-order valence-electron chi connectivity index (χ0n) is 12.4. The maximum Gasteiger partial charge on any atom is 0.268 e. The summed E-state index contributed by atoms with van der Waals surface area (Å²) >= 11 is 1.63. The average molecular weight is 306 g/mol. The minimum Gasteiger partial charge on any atom is -0.333 e. The second kappa shape index (κ2) is 7.15. The third-order valence-corrected chi connectivity index (χ3v) is 4.81. The van der Waals surface area contributed by atoms with Crippen molar-refractivity contribution in [2.45, 2.75) is 26.3 Å². The molecule has 6 heteroatoms. The summed E-state index contributed by atoms with van der Waals surface area (Å²) in [5, 5.41) is 9.57. The van der Waals surface area contributed by atoms with Gasteiger partial charge in [0.05, 0.1) is 11.4 Å². The third-order valence-electron chi connectivity index (χ3n) is 3.96. The SMILES string of the molecule is CCNCC1CCN(Cc2noc(-c3cccs3)n2)CC1. The van der Waals surface area contributed by atoms with Crippen molar-refractivity contribution in [2.24, 2.45) is 5.92 Å². The number of aromatic nitrogens is 2. The van der Waals surface area contributed by atoms with Crippen LogP contribution in [0, 0.1) is 5.92 Å². The van der Waals surface area contributed by atoms with Crippen LogP contribution in [0.25, 0.3) is 10.8 Å². The molecule has 1 aliphatic heterocycles. The smallest absolute Gasteiger partial charge is 0.268 e. The quantitative estimate of drug-likeness (QED) is 0.889. The molecule has 0 amide bonds. The molecule has 0 bridgehead atoms. The number of likely N-dealkylation sites (tertiary alicyclic amines) is 1. The minimum atomic E-state index is 0.641. The normalized spacial score (nSPS) is 17.4. The lowest BCUT2D eigenvalue weighted by Crippen LogP contribution is -2.37. The van der Waals surface area contributed by atoms with Crippen molar-refractivity contribution in [1.82, 2.24) is 20.4 Å². The van der Waals surface area contributed by atoms with Crippen LogP contribution >= 0.6 is 11.3 Å². The van der Waals surface area contributed by atoms with Gasteiger partial charge in [-0.15, -0.1) is 11.3 Å². The standard InChI is InChI=1S/C15H22N4OS/c1-2-16-10-12-5-7-19(8-6-12)11-14-17-15(20-18-14)13-4-3-9-21-13/h3-4,9,12,16H,2,5-8,10-11H2,1H3. The highest BCUT2D eigenvalue weighted by atomic mass is 32.1. The monoisotopic (exact) mass is 306 g/mol. The molecule has 5 nitrogen and oxygen atoms in total. The molecule has 0 atom stereocenters. The molecule has 2 aromatic rings. The first-order valence-corrected chi connectivity index (χ1v) is 8.52. The van der Waals surface area contributed by atoms with Crippen LogP contribution < -0.4 is 5.32 Å². The van der Waals surface area contributed by atoms with Gasteiger partial charge in [0.15, 0.2) is 5.82 Å². The van der Waals surface area contributed by atoms with Crippen molar-refractivity contribution in [3.63, 3.8) is 0 Å². The van der Waals surface area contributed by atoms with Gasteiger partial charge in [-0.05, 0) is 56.4 Å². The molecule has 0 aromatic carbocycles. The summed E-state index contributed by atoms with van der Waals surface area (Å²) in [6, 6.07) is 4.01. The van der Waals surface area contributed by atoms with Crippen molar-refractivity contribution in [3.05, 3.63) is 23.3 Å². The molecule has 2 aromatic heterocycles. The maximum absolute atomic E-state index is 5.34. The minimum absolute atomic E-state index is 0.641. The van der Waals surface area contributed by atoms with Crippen LogP contribution in [-0.2, 0) is 6.54 Å². The Morgan fingerprint density at radius 1 is 1.43 bits per heavy atom. The molecule has 1 N–H and O–H groups in total. The summed E-state index contributed by atoms with van der Waals surface area (Å²) < 4.78 is 5.34. The fourth-order valence-electron chi connectivity index (χ4n) is 2.72. The fraction of sp³-hybridized carbons (Fsp3) is 0.600. The summed E-state index contributed by atoms with van der Waals surface area (Å²) in [5.41, 5.74) is 0. The molecule has 0 saturated carbocycles. The first-order valence-electron chi connectivity index (χ1n) is 7.64. The lowest BCUT2D eigenvalue weighted by molar-refractivity contribution is 0.171. The van der Waals surface area contributed by atoms with Crippen LogP contribution in [0.1, 0.15) is 25.6 Å². The largest absolute Gasteiger partial charge is 0.333 e. The van der Waals surface area contributed by atoms with E-state index in [1.165, 1.54) is 12.8 Å². The van der Waals surface area contributed by atoms with Gasteiger partial charge in [0.2, 0.25) is 0 Å². The Labute approximate surface area is 129 Å². The van der Waals surface area contributed by atoms with Crippen molar-refractivity contribution in [1.29, 1.82) is 0 Å². The molecular formula is C15H22N4OS. The summed E-state index contributed by atoms with van der Waals surface area (Å²) in [5.74, 6) is 2.25. The van der Waals surface area contributed by atoms with E-state index in [9.17, 15) is 0 Å². The Balaban J connectivity index is 1.49. The Hall–Kier alpha value is -1.24. The Bertz CT molecular complexity index is 532. The number of hydrogen-bond donors (Lipinski definition) is 1. The summed E-state index contributed by atoms with van der Waals surface area (Å²) in [6.45, 7) is 7.42. The lowest BCUT2D eigenvalue weighted by atomic mass is 9.97. The topological polar surface area (TPSA) is 54.2 Å². The van der Waals surface area contributed by atoms with Crippen LogP contribution in [0.2, 0.25) is 0 Å². The number of nitrogens with one attached hydrogen (secondary N) is 1. The van der Waals surface area contributed by atoms with Crippen molar-refractivity contribution >= 4 is 11.3 Å². The second-order valence-electron chi connectivity index (χ2n) is 5.52. The number of piperidine rings is 1. The predicted molar refractivity (Wildman–Crippen MR) is 84.2 cm³/mol. The van der Waals surface area contributed by atoms with E-state index in [1.54, 1.807) is 11.3 Å².